The second-order valence-corrected chi connectivity index (χ2v) is 3.76. The first kappa shape index (κ1) is 12.9. The van der Waals surface area contributed by atoms with Crippen molar-refractivity contribution in [2.45, 2.75) is 19.9 Å². The van der Waals surface area contributed by atoms with Gasteiger partial charge in [0.15, 0.2) is 0 Å². The van der Waals surface area contributed by atoms with Gasteiger partial charge < -0.3 is 10.7 Å². The van der Waals surface area contributed by atoms with Crippen LogP contribution in [0.2, 0.25) is 0 Å². The fraction of sp³-hybridized carbons (Fsp3) is 0.300. The van der Waals surface area contributed by atoms with E-state index >= 15 is 0 Å². The summed E-state index contributed by atoms with van der Waals surface area (Å²) in [6, 6.07) is 3.80. The van der Waals surface area contributed by atoms with Gasteiger partial charge in [0.1, 0.15) is 0 Å². The van der Waals surface area contributed by atoms with Crippen LogP contribution in [-0.2, 0) is 0 Å². The largest absolute Gasteiger partial charge is 0.350 e. The molecular formula is C10H14N4O3. The molecule has 0 saturated heterocycles. The Bertz CT molecular complexity index is 445. The minimum Gasteiger partial charge on any atom is -0.350 e. The monoisotopic (exact) mass is 238 g/mol. The van der Waals surface area contributed by atoms with Crippen LogP contribution in [0.25, 0.3) is 0 Å². The standard InChI is InChI=1S/C10H14N4O3/c1-6(2)12-10(15)8-5-7(14(16)17)3-4-9(8)13-11/h3-6,13H,11H2,1-2H3,(H,12,15). The molecular weight excluding hydrogens is 224 g/mol. The lowest BCUT2D eigenvalue weighted by molar-refractivity contribution is -0.384. The average molecular weight is 238 g/mol. The predicted octanol–water partition coefficient (Wildman–Crippen LogP) is 1.02. The number of hydrogen-bond donors (Lipinski definition) is 3. The molecule has 1 aromatic carbocycles. The number of carbonyl (C=O) groups excluding carboxylic acids is 1. The summed E-state index contributed by atoms with van der Waals surface area (Å²) in [6.45, 7) is 3.59. The van der Waals surface area contributed by atoms with Crippen LogP contribution in [0.4, 0.5) is 11.4 Å². The molecule has 0 bridgehead atoms. The predicted molar refractivity (Wildman–Crippen MR) is 63.5 cm³/mol. The number of nitrogens with zero attached hydrogens (tertiary/aromatic N) is 1. The van der Waals surface area contributed by atoms with Gasteiger partial charge in [-0.3, -0.25) is 20.8 Å². The molecule has 4 N–H and O–H groups in total. The van der Waals surface area contributed by atoms with Gasteiger partial charge in [-0.25, -0.2) is 0 Å². The highest BCUT2D eigenvalue weighted by atomic mass is 16.6. The maximum atomic E-state index is 11.8. The number of rotatable bonds is 4. The molecule has 1 amide bonds. The first-order valence-corrected chi connectivity index (χ1v) is 5.01. The fourth-order valence-corrected chi connectivity index (χ4v) is 1.30. The minimum atomic E-state index is -0.563. The molecule has 0 atom stereocenters. The Kier molecular flexibility index (Phi) is 4.00. The Morgan fingerprint density at radius 1 is 1.47 bits per heavy atom. The lowest BCUT2D eigenvalue weighted by Crippen LogP contribution is -2.31. The molecule has 0 aromatic heterocycles. The second kappa shape index (κ2) is 5.26. The first-order valence-electron chi connectivity index (χ1n) is 5.01. The number of hydrazine groups is 1. The molecule has 0 fully saturated rings. The van der Waals surface area contributed by atoms with Crippen LogP contribution >= 0.6 is 0 Å². The summed E-state index contributed by atoms with van der Waals surface area (Å²) >= 11 is 0. The molecule has 0 radical (unpaired) electrons. The van der Waals surface area contributed by atoms with E-state index in [-0.39, 0.29) is 17.3 Å². The van der Waals surface area contributed by atoms with Gasteiger partial charge in [-0.05, 0) is 19.9 Å². The summed E-state index contributed by atoms with van der Waals surface area (Å²) < 4.78 is 0. The van der Waals surface area contributed by atoms with Crippen LogP contribution in [0.1, 0.15) is 24.2 Å². The van der Waals surface area contributed by atoms with E-state index in [0.29, 0.717) is 5.69 Å². The average Bonchev–Trinajstić information content (AvgIpc) is 2.27. The van der Waals surface area contributed by atoms with Crippen molar-refractivity contribution in [1.29, 1.82) is 0 Å². The Morgan fingerprint density at radius 3 is 2.59 bits per heavy atom. The molecule has 7 nitrogen and oxygen atoms in total. The number of non-ortho nitro benzene ring substituents is 1. The zero-order valence-electron chi connectivity index (χ0n) is 9.56. The second-order valence-electron chi connectivity index (χ2n) is 3.76. The summed E-state index contributed by atoms with van der Waals surface area (Å²) in [7, 11) is 0. The Hall–Kier alpha value is -2.15. The highest BCUT2D eigenvalue weighted by Gasteiger charge is 2.16. The van der Waals surface area contributed by atoms with E-state index in [0.717, 1.165) is 0 Å². The molecule has 7 heteroatoms. The van der Waals surface area contributed by atoms with Crippen molar-refractivity contribution in [2.24, 2.45) is 5.84 Å². The van der Waals surface area contributed by atoms with E-state index in [9.17, 15) is 14.9 Å². The van der Waals surface area contributed by atoms with Gasteiger partial charge in [-0.15, -0.1) is 0 Å². The number of nitro benzene ring substituents is 1. The van der Waals surface area contributed by atoms with Crippen molar-refractivity contribution < 1.29 is 9.72 Å². The van der Waals surface area contributed by atoms with E-state index in [4.69, 9.17) is 5.84 Å². The van der Waals surface area contributed by atoms with E-state index in [1.807, 2.05) is 0 Å². The van der Waals surface area contributed by atoms with Crippen molar-refractivity contribution in [2.75, 3.05) is 5.43 Å². The van der Waals surface area contributed by atoms with Crippen molar-refractivity contribution in [3.63, 3.8) is 0 Å². The molecule has 17 heavy (non-hydrogen) atoms. The Morgan fingerprint density at radius 2 is 2.12 bits per heavy atom. The number of carbonyl (C=O) groups is 1. The van der Waals surface area contributed by atoms with Gasteiger partial charge in [0.2, 0.25) is 0 Å². The first-order chi connectivity index (χ1) is 7.95. The molecule has 1 rings (SSSR count). The van der Waals surface area contributed by atoms with E-state index in [1.54, 1.807) is 13.8 Å². The van der Waals surface area contributed by atoms with Crippen LogP contribution in [-0.4, -0.2) is 16.9 Å². The van der Waals surface area contributed by atoms with Crippen LogP contribution in [0, 0.1) is 10.1 Å². The number of amides is 1. The van der Waals surface area contributed by atoms with Crippen molar-refractivity contribution >= 4 is 17.3 Å². The third-order valence-electron chi connectivity index (χ3n) is 2.03. The lowest BCUT2D eigenvalue weighted by Gasteiger charge is -2.11. The Labute approximate surface area is 98.1 Å². The van der Waals surface area contributed by atoms with Crippen LogP contribution < -0.4 is 16.6 Å². The molecule has 0 heterocycles. The van der Waals surface area contributed by atoms with Gasteiger partial charge in [0.25, 0.3) is 11.6 Å². The number of nitrogen functional groups attached to an aromatic ring is 1. The molecule has 0 unspecified atom stereocenters. The molecule has 0 aliphatic carbocycles. The van der Waals surface area contributed by atoms with Crippen molar-refractivity contribution in [1.82, 2.24) is 5.32 Å². The fourth-order valence-electron chi connectivity index (χ4n) is 1.30. The van der Waals surface area contributed by atoms with Crippen molar-refractivity contribution in [3.8, 4) is 0 Å². The lowest BCUT2D eigenvalue weighted by atomic mass is 10.1. The number of hydrogen-bond acceptors (Lipinski definition) is 5. The number of nitrogens with two attached hydrogens (primary N) is 1. The number of nitro groups is 1. The normalized spacial score (nSPS) is 10.1. The number of benzene rings is 1. The van der Waals surface area contributed by atoms with Gasteiger partial charge in [-0.1, -0.05) is 0 Å². The van der Waals surface area contributed by atoms with Gasteiger partial charge in [0, 0.05) is 18.2 Å². The van der Waals surface area contributed by atoms with E-state index in [1.165, 1.54) is 18.2 Å². The van der Waals surface area contributed by atoms with Gasteiger partial charge >= 0.3 is 0 Å². The highest BCUT2D eigenvalue weighted by Crippen LogP contribution is 2.21. The van der Waals surface area contributed by atoms with Gasteiger partial charge in [0.05, 0.1) is 16.2 Å². The maximum Gasteiger partial charge on any atom is 0.270 e. The third kappa shape index (κ3) is 3.15. The summed E-state index contributed by atoms with van der Waals surface area (Å²) in [4.78, 5) is 21.8. The van der Waals surface area contributed by atoms with E-state index < -0.39 is 10.8 Å². The van der Waals surface area contributed by atoms with E-state index in [2.05, 4.69) is 10.7 Å². The number of nitrogens with one attached hydrogen (secondary N) is 2. The summed E-state index contributed by atoms with van der Waals surface area (Å²) in [5, 5.41) is 13.3. The van der Waals surface area contributed by atoms with Gasteiger partial charge in [-0.2, -0.15) is 0 Å². The topological polar surface area (TPSA) is 110 Å². The highest BCUT2D eigenvalue weighted by molar-refractivity contribution is 6.00. The number of anilines is 1. The summed E-state index contributed by atoms with van der Waals surface area (Å²) in [5.74, 6) is 4.84. The molecule has 92 valence electrons. The van der Waals surface area contributed by atoms with Crippen LogP contribution in [0.15, 0.2) is 18.2 Å². The third-order valence-corrected chi connectivity index (χ3v) is 2.03. The zero-order valence-corrected chi connectivity index (χ0v) is 9.56. The quantitative estimate of drug-likeness (QED) is 0.412. The minimum absolute atomic E-state index is 0.0626. The molecule has 0 aliphatic rings. The Balaban J connectivity index is 3.14. The van der Waals surface area contributed by atoms with Crippen LogP contribution in [0.3, 0.4) is 0 Å². The molecule has 0 spiro atoms. The smallest absolute Gasteiger partial charge is 0.270 e. The maximum absolute atomic E-state index is 11.8. The molecule has 1 aromatic rings. The van der Waals surface area contributed by atoms with Crippen molar-refractivity contribution in [3.05, 3.63) is 33.9 Å². The molecule has 0 saturated carbocycles. The zero-order chi connectivity index (χ0) is 13.0. The molecule has 0 aliphatic heterocycles. The SMILES string of the molecule is CC(C)NC(=O)c1cc([N+](=O)[O-])ccc1NN. The summed E-state index contributed by atoms with van der Waals surface area (Å²) in [5.41, 5.74) is 2.67. The van der Waals surface area contributed by atoms with Crippen LogP contribution in [0.5, 0.6) is 0 Å². The summed E-state index contributed by atoms with van der Waals surface area (Å²) in [6.07, 6.45) is 0.